The highest BCUT2D eigenvalue weighted by Crippen LogP contribution is 2.42. The normalized spacial score (nSPS) is 11.4. The molecule has 0 bridgehead atoms. The van der Waals surface area contributed by atoms with Gasteiger partial charge in [0.15, 0.2) is 17.3 Å². The molecule has 0 N–H and O–H groups in total. The van der Waals surface area contributed by atoms with Crippen molar-refractivity contribution in [3.8, 4) is 27.8 Å². The molecule has 0 aliphatic heterocycles. The van der Waals surface area contributed by atoms with Crippen molar-refractivity contribution < 1.29 is 14.2 Å². The molecule has 2 aromatic heterocycles. The second kappa shape index (κ2) is 9.89. The van der Waals surface area contributed by atoms with Gasteiger partial charge in [0.2, 0.25) is 10.7 Å². The summed E-state index contributed by atoms with van der Waals surface area (Å²) in [4.78, 5) is 3.05. The van der Waals surface area contributed by atoms with E-state index in [0.717, 1.165) is 41.0 Å². The monoisotopic (exact) mass is 419 g/mol. The second-order valence-electron chi connectivity index (χ2n) is 6.28. The first-order valence-electron chi connectivity index (χ1n) is 10.1. The molecule has 2 heterocycles. The molecule has 0 aliphatic rings. The van der Waals surface area contributed by atoms with Crippen molar-refractivity contribution in [2.24, 2.45) is 0 Å². The van der Waals surface area contributed by atoms with Gasteiger partial charge in [-0.2, -0.15) is 9.61 Å². The van der Waals surface area contributed by atoms with Gasteiger partial charge in [-0.3, -0.25) is 4.90 Å². The quantitative estimate of drug-likeness (QED) is 0.467. The van der Waals surface area contributed by atoms with Crippen LogP contribution in [0.3, 0.4) is 0 Å². The minimum Gasteiger partial charge on any atom is -0.490 e. The van der Waals surface area contributed by atoms with Crippen molar-refractivity contribution in [2.75, 3.05) is 32.9 Å². The third-order valence-electron chi connectivity index (χ3n) is 4.47. The van der Waals surface area contributed by atoms with Gasteiger partial charge in [-0.05, 0) is 46.0 Å². The summed E-state index contributed by atoms with van der Waals surface area (Å²) in [7, 11) is 0. The van der Waals surface area contributed by atoms with E-state index in [-0.39, 0.29) is 0 Å². The summed E-state index contributed by atoms with van der Waals surface area (Å²) in [5, 5.41) is 14.2. The van der Waals surface area contributed by atoms with Gasteiger partial charge in [0.1, 0.15) is 5.01 Å². The van der Waals surface area contributed by atoms with Crippen LogP contribution in [0.5, 0.6) is 17.2 Å². The fourth-order valence-corrected chi connectivity index (χ4v) is 3.88. The van der Waals surface area contributed by atoms with Crippen LogP contribution in [-0.4, -0.2) is 57.6 Å². The number of benzene rings is 1. The average molecular weight is 420 g/mol. The van der Waals surface area contributed by atoms with Crippen molar-refractivity contribution >= 4 is 16.3 Å². The zero-order valence-electron chi connectivity index (χ0n) is 17.8. The number of ether oxygens (including phenoxy) is 3. The van der Waals surface area contributed by atoms with E-state index in [4.69, 9.17) is 19.3 Å². The fraction of sp³-hybridized carbons (Fsp3) is 0.550. The summed E-state index contributed by atoms with van der Waals surface area (Å²) in [5.74, 6) is 2.78. The van der Waals surface area contributed by atoms with E-state index in [1.807, 2.05) is 37.4 Å². The lowest BCUT2D eigenvalue weighted by Crippen LogP contribution is -2.23. The van der Waals surface area contributed by atoms with Crippen molar-refractivity contribution in [1.82, 2.24) is 24.7 Å². The lowest BCUT2D eigenvalue weighted by molar-refractivity contribution is 0.261. The second-order valence-corrected chi connectivity index (χ2v) is 7.24. The van der Waals surface area contributed by atoms with Crippen LogP contribution in [0.2, 0.25) is 0 Å². The largest absolute Gasteiger partial charge is 0.490 e. The van der Waals surface area contributed by atoms with Crippen LogP contribution in [0, 0.1) is 0 Å². The molecule has 9 heteroatoms. The van der Waals surface area contributed by atoms with Crippen molar-refractivity contribution in [1.29, 1.82) is 0 Å². The number of aromatic nitrogens is 4. The summed E-state index contributed by atoms with van der Waals surface area (Å²) >= 11 is 1.49. The predicted octanol–water partition coefficient (Wildman–Crippen LogP) is 3.89. The summed E-state index contributed by atoms with van der Waals surface area (Å²) in [6, 6.07) is 3.90. The van der Waals surface area contributed by atoms with Gasteiger partial charge in [0, 0.05) is 5.56 Å². The Kier molecular flexibility index (Phi) is 7.27. The molecule has 8 nitrogen and oxygen atoms in total. The molecule has 3 aromatic rings. The van der Waals surface area contributed by atoms with Crippen LogP contribution < -0.4 is 14.2 Å². The minimum absolute atomic E-state index is 0.533. The summed E-state index contributed by atoms with van der Waals surface area (Å²) < 4.78 is 19.3. The summed E-state index contributed by atoms with van der Waals surface area (Å²) in [6.45, 7) is 14.4. The number of nitrogens with zero attached hydrogens (tertiary/aromatic N) is 5. The Morgan fingerprint density at radius 1 is 0.897 bits per heavy atom. The Balaban J connectivity index is 2.02. The number of fused-ring (bicyclic) bond motifs is 1. The molecule has 1 aromatic carbocycles. The first-order chi connectivity index (χ1) is 14.1. The van der Waals surface area contributed by atoms with E-state index in [2.05, 4.69) is 28.9 Å². The summed E-state index contributed by atoms with van der Waals surface area (Å²) in [5.41, 5.74) is 0.907. The molecular formula is C20H29N5O3S. The number of hydrogen-bond donors (Lipinski definition) is 0. The fourth-order valence-electron chi connectivity index (χ4n) is 3.03. The molecule has 29 heavy (non-hydrogen) atoms. The van der Waals surface area contributed by atoms with E-state index in [0.29, 0.717) is 37.1 Å². The molecule has 0 aliphatic carbocycles. The topological polar surface area (TPSA) is 74.0 Å². The summed E-state index contributed by atoms with van der Waals surface area (Å²) in [6.07, 6.45) is 0. The lowest BCUT2D eigenvalue weighted by atomic mass is 10.2. The highest BCUT2D eigenvalue weighted by molar-refractivity contribution is 7.19. The van der Waals surface area contributed by atoms with Crippen molar-refractivity contribution in [3.63, 3.8) is 0 Å². The van der Waals surface area contributed by atoms with E-state index >= 15 is 0 Å². The highest BCUT2D eigenvalue weighted by atomic mass is 32.1. The standard InChI is InChI=1S/C20H29N5O3S/c1-6-24(7-2)13-17-21-22-20-25(17)23-19(29-20)14-11-15(26-8-3)18(28-10-5)16(12-14)27-9-4/h11-12H,6-10,13H2,1-5H3. The van der Waals surface area contributed by atoms with Crippen LogP contribution >= 0.6 is 11.3 Å². The lowest BCUT2D eigenvalue weighted by Gasteiger charge is -2.16. The predicted molar refractivity (Wildman–Crippen MR) is 114 cm³/mol. The Bertz CT molecular complexity index is 908. The Labute approximate surface area is 175 Å². The van der Waals surface area contributed by atoms with Gasteiger partial charge in [-0.15, -0.1) is 10.2 Å². The molecular weight excluding hydrogens is 390 g/mol. The molecule has 0 saturated heterocycles. The first kappa shape index (κ1) is 21.3. The average Bonchev–Trinajstić information content (AvgIpc) is 3.30. The van der Waals surface area contributed by atoms with Crippen LogP contribution in [0.25, 0.3) is 15.5 Å². The molecule has 0 amide bonds. The zero-order valence-corrected chi connectivity index (χ0v) is 18.6. The van der Waals surface area contributed by atoms with Crippen molar-refractivity contribution in [3.05, 3.63) is 18.0 Å². The molecule has 0 saturated carbocycles. The highest BCUT2D eigenvalue weighted by Gasteiger charge is 2.20. The Morgan fingerprint density at radius 2 is 1.52 bits per heavy atom. The van der Waals surface area contributed by atoms with Gasteiger partial charge in [0.05, 0.1) is 26.4 Å². The SMILES string of the molecule is CCOc1cc(-c2nn3c(CN(CC)CC)nnc3s2)cc(OCC)c1OCC. The van der Waals surface area contributed by atoms with E-state index in [1.54, 1.807) is 0 Å². The molecule has 0 radical (unpaired) electrons. The van der Waals surface area contributed by atoms with Crippen LogP contribution in [0.1, 0.15) is 40.4 Å². The van der Waals surface area contributed by atoms with Gasteiger partial charge in [0.25, 0.3) is 0 Å². The molecule has 0 spiro atoms. The van der Waals surface area contributed by atoms with Crippen LogP contribution in [0.4, 0.5) is 0 Å². The van der Waals surface area contributed by atoms with Gasteiger partial charge in [-0.25, -0.2) is 0 Å². The molecule has 0 unspecified atom stereocenters. The maximum absolute atomic E-state index is 5.83. The van der Waals surface area contributed by atoms with E-state index in [1.165, 1.54) is 11.3 Å². The van der Waals surface area contributed by atoms with Crippen molar-refractivity contribution in [2.45, 2.75) is 41.2 Å². The van der Waals surface area contributed by atoms with E-state index in [9.17, 15) is 0 Å². The maximum atomic E-state index is 5.83. The zero-order chi connectivity index (χ0) is 20.8. The van der Waals surface area contributed by atoms with Gasteiger partial charge >= 0.3 is 0 Å². The first-order valence-corrected chi connectivity index (χ1v) is 11.0. The third kappa shape index (κ3) is 4.62. The minimum atomic E-state index is 0.533. The molecule has 0 atom stereocenters. The van der Waals surface area contributed by atoms with Crippen LogP contribution in [-0.2, 0) is 6.54 Å². The molecule has 3 rings (SSSR count). The number of hydrogen-bond acceptors (Lipinski definition) is 8. The number of rotatable bonds is 11. The Hall–Kier alpha value is -2.39. The maximum Gasteiger partial charge on any atom is 0.235 e. The van der Waals surface area contributed by atoms with Crippen LogP contribution in [0.15, 0.2) is 12.1 Å². The molecule has 0 fully saturated rings. The Morgan fingerprint density at radius 3 is 2.07 bits per heavy atom. The van der Waals surface area contributed by atoms with E-state index < -0.39 is 0 Å². The smallest absolute Gasteiger partial charge is 0.235 e. The third-order valence-corrected chi connectivity index (χ3v) is 5.42. The van der Waals surface area contributed by atoms with Gasteiger partial charge in [-0.1, -0.05) is 25.2 Å². The molecule has 158 valence electrons. The van der Waals surface area contributed by atoms with Gasteiger partial charge < -0.3 is 14.2 Å².